The van der Waals surface area contributed by atoms with Gasteiger partial charge in [-0.05, 0) is 55.8 Å². The Labute approximate surface area is 211 Å². The molecule has 2 aromatic carbocycles. The van der Waals surface area contributed by atoms with Crippen LogP contribution in [0.4, 0.5) is 0 Å². The van der Waals surface area contributed by atoms with Crippen LogP contribution in [0.1, 0.15) is 49.3 Å². The van der Waals surface area contributed by atoms with E-state index in [1.165, 1.54) is 56.3 Å². The lowest BCUT2D eigenvalue weighted by atomic mass is 9.83. The van der Waals surface area contributed by atoms with Gasteiger partial charge in [-0.1, -0.05) is 67.1 Å². The number of ether oxygens (including phenoxy) is 1. The Hall–Kier alpha value is -2.21. The number of fused-ring (bicyclic) bond motifs is 1. The fraction of sp³-hybridized carbons (Fsp3) is 0.567. The monoisotopic (exact) mass is 475 g/mol. The SMILES string of the molecule is COCCN(CC1CCCN2CCCCC12)C(=O)C1CN(C(c2ccccc2)c2ccccc2)C1. The van der Waals surface area contributed by atoms with E-state index in [1.54, 1.807) is 7.11 Å². The predicted molar refractivity (Wildman–Crippen MR) is 140 cm³/mol. The maximum Gasteiger partial charge on any atom is 0.228 e. The minimum absolute atomic E-state index is 0.0767. The van der Waals surface area contributed by atoms with E-state index in [9.17, 15) is 4.79 Å². The van der Waals surface area contributed by atoms with Gasteiger partial charge < -0.3 is 14.5 Å². The number of likely N-dealkylation sites (tertiary alicyclic amines) is 1. The van der Waals surface area contributed by atoms with Crippen molar-refractivity contribution >= 4 is 5.91 Å². The number of piperidine rings is 2. The average Bonchev–Trinajstić information content (AvgIpc) is 2.89. The van der Waals surface area contributed by atoms with E-state index in [1.807, 2.05) is 0 Å². The Kier molecular flexibility index (Phi) is 8.17. The first-order valence-electron chi connectivity index (χ1n) is 13.6. The van der Waals surface area contributed by atoms with Gasteiger partial charge in [0.1, 0.15) is 0 Å². The van der Waals surface area contributed by atoms with Crippen molar-refractivity contribution in [3.63, 3.8) is 0 Å². The summed E-state index contributed by atoms with van der Waals surface area (Å²) in [7, 11) is 1.74. The predicted octanol–water partition coefficient (Wildman–Crippen LogP) is 4.45. The van der Waals surface area contributed by atoms with E-state index in [2.05, 4.69) is 75.4 Å². The summed E-state index contributed by atoms with van der Waals surface area (Å²) in [6, 6.07) is 22.3. The second-order valence-corrected chi connectivity index (χ2v) is 10.7. The topological polar surface area (TPSA) is 36.0 Å². The first-order chi connectivity index (χ1) is 17.2. The molecule has 3 aliphatic heterocycles. The zero-order valence-electron chi connectivity index (χ0n) is 21.2. The molecule has 5 rings (SSSR count). The molecule has 0 bridgehead atoms. The van der Waals surface area contributed by atoms with Gasteiger partial charge in [-0.15, -0.1) is 0 Å². The minimum Gasteiger partial charge on any atom is -0.383 e. The van der Waals surface area contributed by atoms with Crippen LogP contribution in [0.3, 0.4) is 0 Å². The molecule has 0 aromatic heterocycles. The maximum absolute atomic E-state index is 13.7. The Bertz CT molecular complexity index is 890. The van der Waals surface area contributed by atoms with Crippen molar-refractivity contribution in [2.75, 3.05) is 53.0 Å². The zero-order valence-corrected chi connectivity index (χ0v) is 21.2. The quantitative estimate of drug-likeness (QED) is 0.537. The molecule has 0 N–H and O–H groups in total. The van der Waals surface area contributed by atoms with Crippen molar-refractivity contribution < 1.29 is 9.53 Å². The molecule has 0 aliphatic carbocycles. The van der Waals surface area contributed by atoms with Crippen LogP contribution in [0.25, 0.3) is 0 Å². The van der Waals surface area contributed by atoms with Crippen molar-refractivity contribution in [2.24, 2.45) is 11.8 Å². The molecule has 5 heteroatoms. The van der Waals surface area contributed by atoms with E-state index in [4.69, 9.17) is 4.74 Å². The highest BCUT2D eigenvalue weighted by Crippen LogP contribution is 2.36. The number of methoxy groups -OCH3 is 1. The van der Waals surface area contributed by atoms with Gasteiger partial charge in [-0.2, -0.15) is 0 Å². The smallest absolute Gasteiger partial charge is 0.228 e. The average molecular weight is 476 g/mol. The zero-order chi connectivity index (χ0) is 24.0. The van der Waals surface area contributed by atoms with Gasteiger partial charge in [-0.3, -0.25) is 9.69 Å². The Morgan fingerprint density at radius 1 is 0.943 bits per heavy atom. The molecule has 188 valence electrons. The van der Waals surface area contributed by atoms with Crippen LogP contribution < -0.4 is 0 Å². The van der Waals surface area contributed by atoms with Crippen LogP contribution in [-0.2, 0) is 9.53 Å². The Morgan fingerprint density at radius 2 is 1.60 bits per heavy atom. The molecule has 5 nitrogen and oxygen atoms in total. The van der Waals surface area contributed by atoms with E-state index in [-0.39, 0.29) is 12.0 Å². The van der Waals surface area contributed by atoms with Gasteiger partial charge in [0, 0.05) is 39.3 Å². The molecule has 3 fully saturated rings. The van der Waals surface area contributed by atoms with E-state index in [0.717, 1.165) is 19.6 Å². The molecule has 2 atom stereocenters. The summed E-state index contributed by atoms with van der Waals surface area (Å²) in [6.07, 6.45) is 6.47. The number of rotatable bonds is 9. The summed E-state index contributed by atoms with van der Waals surface area (Å²) < 4.78 is 5.41. The normalized spacial score (nSPS) is 23.6. The summed E-state index contributed by atoms with van der Waals surface area (Å²) >= 11 is 0. The van der Waals surface area contributed by atoms with Gasteiger partial charge in [0.2, 0.25) is 5.91 Å². The van der Waals surface area contributed by atoms with E-state index < -0.39 is 0 Å². The van der Waals surface area contributed by atoms with Crippen LogP contribution in [-0.4, -0.2) is 79.6 Å². The molecule has 0 saturated carbocycles. The Balaban J connectivity index is 1.26. The van der Waals surface area contributed by atoms with Gasteiger partial charge in [0.05, 0.1) is 18.6 Å². The molecule has 35 heavy (non-hydrogen) atoms. The molecule has 3 aliphatic rings. The lowest BCUT2D eigenvalue weighted by molar-refractivity contribution is -0.144. The molecular weight excluding hydrogens is 434 g/mol. The largest absolute Gasteiger partial charge is 0.383 e. The van der Waals surface area contributed by atoms with Crippen molar-refractivity contribution in [3.8, 4) is 0 Å². The van der Waals surface area contributed by atoms with Gasteiger partial charge >= 0.3 is 0 Å². The second-order valence-electron chi connectivity index (χ2n) is 10.7. The molecular formula is C30H41N3O2. The third kappa shape index (κ3) is 5.63. The highest BCUT2D eigenvalue weighted by molar-refractivity contribution is 5.80. The third-order valence-electron chi connectivity index (χ3n) is 8.42. The number of hydrogen-bond acceptors (Lipinski definition) is 4. The molecule has 3 heterocycles. The fourth-order valence-electron chi connectivity index (χ4n) is 6.59. The lowest BCUT2D eigenvalue weighted by Gasteiger charge is -2.48. The molecule has 1 amide bonds. The highest BCUT2D eigenvalue weighted by atomic mass is 16.5. The minimum atomic E-state index is 0.0767. The van der Waals surface area contributed by atoms with Crippen molar-refractivity contribution in [1.29, 1.82) is 0 Å². The molecule has 2 aromatic rings. The van der Waals surface area contributed by atoms with Gasteiger partial charge in [0.15, 0.2) is 0 Å². The maximum atomic E-state index is 13.7. The summed E-state index contributed by atoms with van der Waals surface area (Å²) in [4.78, 5) is 21.0. The van der Waals surface area contributed by atoms with Crippen molar-refractivity contribution in [3.05, 3.63) is 71.8 Å². The third-order valence-corrected chi connectivity index (χ3v) is 8.42. The summed E-state index contributed by atoms with van der Waals surface area (Å²) in [5, 5.41) is 0. The molecule has 3 saturated heterocycles. The first kappa shape index (κ1) is 24.5. The van der Waals surface area contributed by atoms with Crippen LogP contribution in [0.15, 0.2) is 60.7 Å². The number of benzene rings is 2. The van der Waals surface area contributed by atoms with Crippen molar-refractivity contribution in [1.82, 2.24) is 14.7 Å². The van der Waals surface area contributed by atoms with Crippen LogP contribution in [0.2, 0.25) is 0 Å². The number of carbonyl (C=O) groups excluding carboxylic acids is 1. The molecule has 0 radical (unpaired) electrons. The first-order valence-corrected chi connectivity index (χ1v) is 13.6. The summed E-state index contributed by atoms with van der Waals surface area (Å²) in [5.41, 5.74) is 2.58. The molecule has 2 unspecified atom stereocenters. The number of amides is 1. The fourth-order valence-corrected chi connectivity index (χ4v) is 6.59. The van der Waals surface area contributed by atoms with Gasteiger partial charge in [-0.25, -0.2) is 0 Å². The van der Waals surface area contributed by atoms with Crippen LogP contribution in [0, 0.1) is 11.8 Å². The molecule has 0 spiro atoms. The second kappa shape index (κ2) is 11.7. The van der Waals surface area contributed by atoms with Crippen LogP contribution >= 0.6 is 0 Å². The summed E-state index contributed by atoms with van der Waals surface area (Å²) in [5.74, 6) is 1.00. The number of hydrogen-bond donors (Lipinski definition) is 0. The number of carbonyl (C=O) groups is 1. The van der Waals surface area contributed by atoms with Crippen LogP contribution in [0.5, 0.6) is 0 Å². The van der Waals surface area contributed by atoms with Gasteiger partial charge in [0.25, 0.3) is 0 Å². The number of nitrogens with zero attached hydrogens (tertiary/aromatic N) is 3. The van der Waals surface area contributed by atoms with E-state index >= 15 is 0 Å². The Morgan fingerprint density at radius 3 is 2.26 bits per heavy atom. The van der Waals surface area contributed by atoms with E-state index in [0.29, 0.717) is 31.0 Å². The highest BCUT2D eigenvalue weighted by Gasteiger charge is 2.41. The standard InChI is InChI=1S/C30H41N3O2/c1-35-20-19-32(21-26-15-10-18-31-17-9-8-16-28(26)31)30(34)27-22-33(23-27)29(24-11-4-2-5-12-24)25-13-6-3-7-14-25/h2-7,11-14,26-29H,8-10,15-23H2,1H3. The summed E-state index contributed by atoms with van der Waals surface area (Å²) in [6.45, 7) is 6.32. The lowest BCUT2D eigenvalue weighted by Crippen LogP contribution is -2.58. The van der Waals surface area contributed by atoms with Crippen molar-refractivity contribution in [2.45, 2.75) is 44.2 Å².